The fraction of sp³-hybridized carbons (Fsp3) is 0.0667. The van der Waals surface area contributed by atoms with E-state index < -0.39 is 6.10 Å². The second-order valence-electron chi connectivity index (χ2n) is 4.80. The third-order valence-electron chi connectivity index (χ3n) is 3.22. The van der Waals surface area contributed by atoms with Gasteiger partial charge in [-0.3, -0.25) is 4.79 Å². The minimum Gasteiger partial charge on any atom is -0.382 e. The summed E-state index contributed by atoms with van der Waals surface area (Å²) in [5, 5.41) is 14.2. The molecule has 0 fully saturated rings. The second kappa shape index (κ2) is 6.45. The lowest BCUT2D eigenvalue weighted by Crippen LogP contribution is -2.07. The first-order valence-electron chi connectivity index (χ1n) is 6.67. The van der Waals surface area contributed by atoms with Crippen molar-refractivity contribution in [3.8, 4) is 0 Å². The summed E-state index contributed by atoms with van der Waals surface area (Å²) in [6, 6.07) is 8.03. The maximum absolute atomic E-state index is 11.1. The number of aliphatic hydroxyl groups is 1. The van der Waals surface area contributed by atoms with Crippen molar-refractivity contribution in [2.24, 2.45) is 0 Å². The lowest BCUT2D eigenvalue weighted by atomic mass is 10.1. The number of halogens is 2. The number of aromatic nitrogens is 3. The second-order valence-corrected chi connectivity index (χ2v) is 5.61. The third kappa shape index (κ3) is 3.39. The molecule has 2 aromatic heterocycles. The first-order valence-corrected chi connectivity index (χ1v) is 7.43. The Morgan fingerprint density at radius 2 is 1.91 bits per heavy atom. The molecule has 0 bridgehead atoms. The summed E-state index contributed by atoms with van der Waals surface area (Å²) in [6.45, 7) is 0. The van der Waals surface area contributed by atoms with E-state index in [4.69, 9.17) is 23.2 Å². The lowest BCUT2D eigenvalue weighted by molar-refractivity contribution is 0.215. The SMILES string of the molecule is O=c1ccc(C(O)c2cnc(Nc3c(Cl)cccc3Cl)[nH]2)c[nH]1. The van der Waals surface area contributed by atoms with Crippen LogP contribution < -0.4 is 10.9 Å². The monoisotopic (exact) mass is 350 g/mol. The van der Waals surface area contributed by atoms with Crippen molar-refractivity contribution in [1.82, 2.24) is 15.0 Å². The molecule has 0 aliphatic heterocycles. The predicted molar refractivity (Wildman–Crippen MR) is 89.5 cm³/mol. The van der Waals surface area contributed by atoms with Crippen LogP contribution in [0.3, 0.4) is 0 Å². The fourth-order valence-corrected chi connectivity index (χ4v) is 2.54. The van der Waals surface area contributed by atoms with Gasteiger partial charge >= 0.3 is 0 Å². The van der Waals surface area contributed by atoms with Gasteiger partial charge in [-0.25, -0.2) is 4.98 Å². The standard InChI is InChI=1S/C15H12Cl2N4O2/c16-9-2-1-3-10(17)13(9)21-15-19-7-11(20-15)14(23)8-4-5-12(22)18-6-8/h1-7,14,23H,(H,18,22)(H2,19,20,21). The number of rotatable bonds is 4. The first kappa shape index (κ1) is 15.6. The Hall–Kier alpha value is -2.28. The number of imidazole rings is 1. The van der Waals surface area contributed by atoms with Gasteiger partial charge in [-0.15, -0.1) is 0 Å². The fourth-order valence-electron chi connectivity index (χ4n) is 2.05. The summed E-state index contributed by atoms with van der Waals surface area (Å²) >= 11 is 12.2. The largest absolute Gasteiger partial charge is 0.382 e. The van der Waals surface area contributed by atoms with Crippen LogP contribution in [-0.2, 0) is 0 Å². The molecule has 0 amide bonds. The van der Waals surface area contributed by atoms with Gasteiger partial charge in [0.2, 0.25) is 11.5 Å². The summed E-state index contributed by atoms with van der Waals surface area (Å²) in [6.07, 6.45) is 1.99. The molecule has 0 radical (unpaired) electrons. The number of pyridine rings is 1. The number of para-hydroxylation sites is 1. The average Bonchev–Trinajstić information content (AvgIpc) is 3.00. The number of benzene rings is 1. The Bertz CT molecular complexity index is 850. The summed E-state index contributed by atoms with van der Waals surface area (Å²) in [4.78, 5) is 20.7. The summed E-state index contributed by atoms with van der Waals surface area (Å²) in [5.74, 6) is 0.387. The number of anilines is 2. The predicted octanol–water partition coefficient (Wildman–Crippen LogP) is 3.23. The smallest absolute Gasteiger partial charge is 0.247 e. The molecule has 0 aliphatic carbocycles. The number of aromatic amines is 2. The summed E-state index contributed by atoms with van der Waals surface area (Å²) in [5.41, 5.74) is 1.29. The quantitative estimate of drug-likeness (QED) is 0.581. The van der Waals surface area contributed by atoms with Crippen LogP contribution in [0.5, 0.6) is 0 Å². The molecule has 0 saturated heterocycles. The van der Waals surface area contributed by atoms with Crippen molar-refractivity contribution >= 4 is 34.8 Å². The van der Waals surface area contributed by atoms with Crippen molar-refractivity contribution in [2.75, 3.05) is 5.32 Å². The van der Waals surface area contributed by atoms with Gasteiger partial charge in [-0.05, 0) is 18.2 Å². The summed E-state index contributed by atoms with van der Waals surface area (Å²) < 4.78 is 0. The molecule has 1 atom stereocenters. The zero-order valence-corrected chi connectivity index (χ0v) is 13.2. The number of hydrogen-bond donors (Lipinski definition) is 4. The van der Waals surface area contributed by atoms with Crippen LogP contribution in [-0.4, -0.2) is 20.1 Å². The van der Waals surface area contributed by atoms with Gasteiger partial charge in [0.25, 0.3) is 0 Å². The van der Waals surface area contributed by atoms with Crippen LogP contribution >= 0.6 is 23.2 Å². The number of hydrogen-bond acceptors (Lipinski definition) is 4. The molecule has 1 unspecified atom stereocenters. The molecule has 6 nitrogen and oxygen atoms in total. The Labute approximate surface area is 141 Å². The highest BCUT2D eigenvalue weighted by Crippen LogP contribution is 2.32. The Balaban J connectivity index is 1.83. The topological polar surface area (TPSA) is 93.8 Å². The van der Waals surface area contributed by atoms with E-state index >= 15 is 0 Å². The van der Waals surface area contributed by atoms with E-state index in [1.54, 1.807) is 24.3 Å². The Morgan fingerprint density at radius 3 is 2.57 bits per heavy atom. The van der Waals surface area contributed by atoms with E-state index in [9.17, 15) is 9.90 Å². The Kier molecular flexibility index (Phi) is 4.38. The zero-order chi connectivity index (χ0) is 16.4. The van der Waals surface area contributed by atoms with E-state index in [2.05, 4.69) is 20.3 Å². The summed E-state index contributed by atoms with van der Waals surface area (Å²) in [7, 11) is 0. The van der Waals surface area contributed by atoms with Crippen LogP contribution in [0.2, 0.25) is 10.0 Å². The normalized spacial score (nSPS) is 12.1. The van der Waals surface area contributed by atoms with Crippen molar-refractivity contribution in [1.29, 1.82) is 0 Å². The van der Waals surface area contributed by atoms with E-state index in [0.29, 0.717) is 32.9 Å². The van der Waals surface area contributed by atoms with Gasteiger partial charge in [0, 0.05) is 17.8 Å². The van der Waals surface area contributed by atoms with Crippen LogP contribution in [0, 0.1) is 0 Å². The highest BCUT2D eigenvalue weighted by Gasteiger charge is 2.14. The van der Waals surface area contributed by atoms with Crippen LogP contribution in [0.1, 0.15) is 17.4 Å². The van der Waals surface area contributed by atoms with Gasteiger partial charge in [0.1, 0.15) is 6.10 Å². The third-order valence-corrected chi connectivity index (χ3v) is 3.85. The molecule has 8 heteroatoms. The molecule has 0 aliphatic rings. The molecule has 3 aromatic rings. The molecule has 2 heterocycles. The number of nitrogens with one attached hydrogen (secondary N) is 3. The van der Waals surface area contributed by atoms with Crippen LogP contribution in [0.4, 0.5) is 11.6 Å². The Morgan fingerprint density at radius 1 is 1.17 bits per heavy atom. The first-order chi connectivity index (χ1) is 11.0. The number of aliphatic hydroxyl groups excluding tert-OH is 1. The molecule has 0 saturated carbocycles. The van der Waals surface area contributed by atoms with Crippen molar-refractivity contribution < 1.29 is 5.11 Å². The van der Waals surface area contributed by atoms with E-state index in [0.717, 1.165) is 0 Å². The molecule has 118 valence electrons. The maximum Gasteiger partial charge on any atom is 0.247 e. The van der Waals surface area contributed by atoms with E-state index in [1.807, 2.05) is 0 Å². The minimum absolute atomic E-state index is 0.235. The highest BCUT2D eigenvalue weighted by atomic mass is 35.5. The molecule has 1 aromatic carbocycles. The molecular weight excluding hydrogens is 339 g/mol. The molecular formula is C15H12Cl2N4O2. The maximum atomic E-state index is 11.1. The minimum atomic E-state index is -0.948. The molecule has 0 spiro atoms. The lowest BCUT2D eigenvalue weighted by Gasteiger charge is -2.09. The number of H-pyrrole nitrogens is 2. The van der Waals surface area contributed by atoms with Gasteiger partial charge in [0.15, 0.2) is 0 Å². The number of nitrogens with zero attached hydrogens (tertiary/aromatic N) is 1. The van der Waals surface area contributed by atoms with Gasteiger partial charge in [-0.2, -0.15) is 0 Å². The molecule has 4 N–H and O–H groups in total. The van der Waals surface area contributed by atoms with Gasteiger partial charge in [-0.1, -0.05) is 29.3 Å². The van der Waals surface area contributed by atoms with Crippen LogP contribution in [0.15, 0.2) is 47.5 Å². The zero-order valence-electron chi connectivity index (χ0n) is 11.7. The van der Waals surface area contributed by atoms with Crippen LogP contribution in [0.25, 0.3) is 0 Å². The van der Waals surface area contributed by atoms with E-state index in [-0.39, 0.29) is 5.56 Å². The molecule has 23 heavy (non-hydrogen) atoms. The van der Waals surface area contributed by atoms with Crippen molar-refractivity contribution in [3.63, 3.8) is 0 Å². The van der Waals surface area contributed by atoms with E-state index in [1.165, 1.54) is 18.5 Å². The average molecular weight is 351 g/mol. The van der Waals surface area contributed by atoms with Gasteiger partial charge in [0.05, 0.1) is 27.6 Å². The van der Waals surface area contributed by atoms with Crippen molar-refractivity contribution in [2.45, 2.75) is 6.10 Å². The highest BCUT2D eigenvalue weighted by molar-refractivity contribution is 6.39. The van der Waals surface area contributed by atoms with Crippen molar-refractivity contribution in [3.05, 3.63) is 74.4 Å². The van der Waals surface area contributed by atoms with Gasteiger partial charge < -0.3 is 20.4 Å². The molecule has 3 rings (SSSR count).